The van der Waals surface area contributed by atoms with Crippen molar-refractivity contribution in [1.29, 1.82) is 0 Å². The van der Waals surface area contributed by atoms with Gasteiger partial charge in [-0.05, 0) is 70.1 Å². The van der Waals surface area contributed by atoms with Crippen LogP contribution in [-0.4, -0.2) is 10.5 Å². The number of rotatable bonds is 1. The molecule has 0 N–H and O–H groups in total. The molecule has 0 bridgehead atoms. The first-order chi connectivity index (χ1) is 12.9. The zero-order chi connectivity index (χ0) is 18.8. The molecular weight excluding hydrogens is 332 g/mol. The monoisotopic (exact) mass is 360 g/mol. The average molecular weight is 361 g/mol. The quantitative estimate of drug-likeness (QED) is 0.490. The van der Waals surface area contributed by atoms with Crippen molar-refractivity contribution in [1.82, 2.24) is 4.98 Å². The van der Waals surface area contributed by atoms with Crippen LogP contribution in [0.25, 0.3) is 22.1 Å². The maximum atomic E-state index is 6.30. The summed E-state index contributed by atoms with van der Waals surface area (Å²) in [5.41, 5.74) is 4.37. The lowest BCUT2D eigenvalue weighted by Gasteiger charge is -2.40. The molecule has 3 heteroatoms. The largest absolute Gasteiger partial charge is 0.436 e. The van der Waals surface area contributed by atoms with Crippen LogP contribution in [0.3, 0.4) is 0 Å². The fraction of sp³-hybridized carbons (Fsp3) is 0.458. The molecule has 27 heavy (non-hydrogen) atoms. The number of furan rings is 1. The fourth-order valence-electron chi connectivity index (χ4n) is 5.78. The normalized spacial score (nSPS) is 22.3. The zero-order valence-electron chi connectivity index (χ0n) is 16.6. The fourth-order valence-corrected chi connectivity index (χ4v) is 5.78. The first-order valence-electron chi connectivity index (χ1n) is 10.2. The molecule has 0 atom stereocenters. The molecule has 0 amide bonds. The molecule has 1 aliphatic carbocycles. The van der Waals surface area contributed by atoms with Gasteiger partial charge >= 0.3 is 0 Å². The van der Waals surface area contributed by atoms with E-state index in [-0.39, 0.29) is 11.0 Å². The summed E-state index contributed by atoms with van der Waals surface area (Å²) in [5.74, 6) is 0. The highest BCUT2D eigenvalue weighted by molar-refractivity contribution is 6.08. The molecule has 2 aliphatic rings. The smallest absolute Gasteiger partial charge is 0.227 e. The Morgan fingerprint density at radius 2 is 1.85 bits per heavy atom. The number of anilines is 1. The highest BCUT2D eigenvalue weighted by Crippen LogP contribution is 2.60. The van der Waals surface area contributed by atoms with Crippen LogP contribution >= 0.6 is 0 Å². The van der Waals surface area contributed by atoms with Crippen molar-refractivity contribution in [2.24, 2.45) is 5.41 Å². The topological polar surface area (TPSA) is 29.3 Å². The van der Waals surface area contributed by atoms with Gasteiger partial charge in [-0.15, -0.1) is 0 Å². The summed E-state index contributed by atoms with van der Waals surface area (Å²) in [6, 6.07) is 9.75. The number of fused-ring (bicyclic) bond motifs is 3. The second kappa shape index (κ2) is 5.73. The first kappa shape index (κ1) is 17.1. The maximum absolute atomic E-state index is 6.30. The second-order valence-corrected chi connectivity index (χ2v) is 9.18. The van der Waals surface area contributed by atoms with E-state index in [0.29, 0.717) is 5.71 Å². The molecule has 3 heterocycles. The summed E-state index contributed by atoms with van der Waals surface area (Å²) in [7, 11) is 0. The van der Waals surface area contributed by atoms with E-state index in [1.165, 1.54) is 55.8 Å². The molecule has 0 unspecified atom stereocenters. The lowest BCUT2D eigenvalue weighted by molar-refractivity contribution is 0.212. The van der Waals surface area contributed by atoms with Crippen LogP contribution in [0.4, 0.5) is 5.69 Å². The van der Waals surface area contributed by atoms with E-state index >= 15 is 0 Å². The molecule has 2 fully saturated rings. The molecule has 2 aromatic heterocycles. The van der Waals surface area contributed by atoms with Crippen molar-refractivity contribution in [3.8, 4) is 0 Å². The van der Waals surface area contributed by atoms with E-state index in [9.17, 15) is 0 Å². The standard InChI is InChI=1S/C24H28N2O/c1-16-10-11-18-19-9-8-14-25-22(19)27-21(18)20(16)26-17(2)24(15-23(26,3)4)12-6-5-7-13-24/h8-11,14H,2,5-7,12-13,15H2,1,3-4H3. The van der Waals surface area contributed by atoms with E-state index in [2.05, 4.69) is 55.8 Å². The molecule has 2 radical (unpaired) electrons. The summed E-state index contributed by atoms with van der Waals surface area (Å²) in [5, 5.41) is 2.23. The van der Waals surface area contributed by atoms with Gasteiger partial charge in [-0.25, -0.2) is 4.98 Å². The third kappa shape index (κ3) is 2.36. The average Bonchev–Trinajstić information content (AvgIpc) is 3.10. The van der Waals surface area contributed by atoms with Crippen LogP contribution in [0.5, 0.6) is 0 Å². The Morgan fingerprint density at radius 1 is 1.07 bits per heavy atom. The Balaban J connectivity index is 1.73. The summed E-state index contributed by atoms with van der Waals surface area (Å²) >= 11 is 0. The predicted octanol–water partition coefficient (Wildman–Crippen LogP) is 6.59. The predicted molar refractivity (Wildman–Crippen MR) is 112 cm³/mol. The zero-order valence-corrected chi connectivity index (χ0v) is 16.6. The summed E-state index contributed by atoms with van der Waals surface area (Å²) in [6.45, 7) is 11.6. The molecule has 3 nitrogen and oxygen atoms in total. The molecule has 3 aromatic rings. The van der Waals surface area contributed by atoms with Gasteiger partial charge in [0, 0.05) is 22.5 Å². The number of benzene rings is 1. The molecule has 1 aliphatic heterocycles. The first-order valence-corrected chi connectivity index (χ1v) is 10.2. The third-order valence-electron chi connectivity index (χ3n) is 6.89. The van der Waals surface area contributed by atoms with Crippen molar-refractivity contribution in [2.45, 2.75) is 64.8 Å². The minimum absolute atomic E-state index is 0.0276. The van der Waals surface area contributed by atoms with Gasteiger partial charge in [-0.1, -0.05) is 31.4 Å². The maximum Gasteiger partial charge on any atom is 0.227 e. The highest BCUT2D eigenvalue weighted by Gasteiger charge is 2.55. The Morgan fingerprint density at radius 3 is 2.63 bits per heavy atom. The molecule has 1 aromatic carbocycles. The Bertz CT molecular complexity index is 1010. The van der Waals surface area contributed by atoms with E-state index < -0.39 is 0 Å². The van der Waals surface area contributed by atoms with Crippen LogP contribution in [0, 0.1) is 25.3 Å². The molecule has 1 spiro atoms. The van der Waals surface area contributed by atoms with Crippen molar-refractivity contribution < 1.29 is 4.42 Å². The van der Waals surface area contributed by atoms with Gasteiger partial charge in [0.1, 0.15) is 0 Å². The lowest BCUT2D eigenvalue weighted by atomic mass is 9.68. The molecular formula is C24H28N2O. The van der Waals surface area contributed by atoms with Gasteiger partial charge < -0.3 is 9.32 Å². The van der Waals surface area contributed by atoms with Gasteiger partial charge in [0.2, 0.25) is 5.71 Å². The van der Waals surface area contributed by atoms with Gasteiger partial charge in [0.05, 0.1) is 11.7 Å². The number of hydrogen-bond acceptors (Lipinski definition) is 3. The van der Waals surface area contributed by atoms with Crippen molar-refractivity contribution in [2.75, 3.05) is 4.90 Å². The van der Waals surface area contributed by atoms with E-state index in [0.717, 1.165) is 16.4 Å². The summed E-state index contributed by atoms with van der Waals surface area (Å²) in [4.78, 5) is 6.95. The number of aryl methyl sites for hydroxylation is 1. The Labute approximate surface area is 161 Å². The second-order valence-electron chi connectivity index (χ2n) is 9.18. The minimum Gasteiger partial charge on any atom is -0.436 e. The highest BCUT2D eigenvalue weighted by atomic mass is 16.3. The van der Waals surface area contributed by atoms with Crippen molar-refractivity contribution in [3.63, 3.8) is 0 Å². The van der Waals surface area contributed by atoms with Gasteiger partial charge in [-0.3, -0.25) is 0 Å². The molecule has 140 valence electrons. The molecule has 5 rings (SSSR count). The van der Waals surface area contributed by atoms with Gasteiger partial charge in [0.25, 0.3) is 0 Å². The third-order valence-corrected chi connectivity index (χ3v) is 6.89. The summed E-state index contributed by atoms with van der Waals surface area (Å²) < 4.78 is 6.30. The summed E-state index contributed by atoms with van der Waals surface area (Å²) in [6.07, 6.45) is 9.51. The van der Waals surface area contributed by atoms with Crippen molar-refractivity contribution in [3.05, 3.63) is 49.0 Å². The molecule has 1 saturated carbocycles. The van der Waals surface area contributed by atoms with Gasteiger partial charge in [0.15, 0.2) is 5.58 Å². The van der Waals surface area contributed by atoms with Crippen LogP contribution in [0.1, 0.15) is 57.9 Å². The number of nitrogens with zero attached hydrogens (tertiary/aromatic N) is 2. The number of hydrogen-bond donors (Lipinski definition) is 0. The Hall–Kier alpha value is -2.03. The van der Waals surface area contributed by atoms with Crippen LogP contribution in [0.2, 0.25) is 0 Å². The van der Waals surface area contributed by atoms with Gasteiger partial charge in [-0.2, -0.15) is 0 Å². The minimum atomic E-state index is 0.0276. The van der Waals surface area contributed by atoms with Crippen LogP contribution in [-0.2, 0) is 0 Å². The van der Waals surface area contributed by atoms with Crippen LogP contribution < -0.4 is 4.90 Å². The lowest BCUT2D eigenvalue weighted by Crippen LogP contribution is -2.40. The SMILES string of the molecule is [CH2][C]1N(c2c(C)ccc3c2oc2ncccc23)C(C)(C)CC12CCCCC2. The molecule has 1 saturated heterocycles. The Kier molecular flexibility index (Phi) is 3.63. The van der Waals surface area contributed by atoms with Crippen molar-refractivity contribution >= 4 is 27.8 Å². The van der Waals surface area contributed by atoms with E-state index in [1.54, 1.807) is 6.20 Å². The number of aromatic nitrogens is 1. The van der Waals surface area contributed by atoms with Crippen LogP contribution in [0.15, 0.2) is 34.9 Å². The van der Waals surface area contributed by atoms with E-state index in [1.807, 2.05) is 6.07 Å². The number of pyridine rings is 1. The van der Waals surface area contributed by atoms with E-state index in [4.69, 9.17) is 4.42 Å².